The van der Waals surface area contributed by atoms with Crippen molar-refractivity contribution >= 4 is 35.0 Å². The van der Waals surface area contributed by atoms with Gasteiger partial charge in [-0.15, -0.1) is 0 Å². The predicted octanol–water partition coefficient (Wildman–Crippen LogP) is 5.31. The molecule has 0 N–H and O–H groups in total. The summed E-state index contributed by atoms with van der Waals surface area (Å²) in [5.41, 5.74) is 4.27. The first-order chi connectivity index (χ1) is 20.9. The number of allylic oxidation sites excluding steroid dienone is 1. The van der Waals surface area contributed by atoms with Gasteiger partial charge < -0.3 is 9.47 Å². The second-order valence-electron chi connectivity index (χ2n) is 9.77. The number of carbonyl (C=O) groups excluding carboxylic acids is 1. The van der Waals surface area contributed by atoms with E-state index in [-0.39, 0.29) is 17.7 Å². The van der Waals surface area contributed by atoms with E-state index in [0.717, 1.165) is 22.6 Å². The van der Waals surface area contributed by atoms with Gasteiger partial charge in [0.15, 0.2) is 4.80 Å². The van der Waals surface area contributed by atoms with Crippen molar-refractivity contribution in [2.75, 3.05) is 13.7 Å². The number of hydrogen-bond acceptors (Lipinski definition) is 7. The zero-order valence-corrected chi connectivity index (χ0v) is 25.2. The Bertz CT molecular complexity index is 2040. The van der Waals surface area contributed by atoms with Crippen molar-refractivity contribution in [3.63, 3.8) is 0 Å². The van der Waals surface area contributed by atoms with Crippen molar-refractivity contribution in [1.82, 2.24) is 14.3 Å². The standard InChI is InChI=1S/C33H27ClN4O4S/c1-4-42-32(40)28-20(2)35-33-38(30(28)25-12-8-9-13-26(25)34)31(39)27(43-33)18-22-19-37(23-10-6-5-7-11-23)36-29(22)21-14-16-24(41-3)17-15-21/h5-19,30H,4H2,1-3H3/b27-18-/t30-/m0/s1. The summed E-state index contributed by atoms with van der Waals surface area (Å²) in [7, 11) is 1.62. The number of aromatic nitrogens is 3. The average molecular weight is 611 g/mol. The second-order valence-corrected chi connectivity index (χ2v) is 11.2. The van der Waals surface area contributed by atoms with E-state index >= 15 is 0 Å². The fourth-order valence-electron chi connectivity index (χ4n) is 5.10. The van der Waals surface area contributed by atoms with Gasteiger partial charge in [0.25, 0.3) is 5.56 Å². The van der Waals surface area contributed by atoms with Gasteiger partial charge in [0.2, 0.25) is 0 Å². The number of benzene rings is 3. The number of ether oxygens (including phenoxy) is 2. The maximum atomic E-state index is 14.2. The van der Waals surface area contributed by atoms with Crippen molar-refractivity contribution in [3.8, 4) is 22.7 Å². The number of halogens is 1. The van der Waals surface area contributed by atoms with Gasteiger partial charge in [-0.25, -0.2) is 14.5 Å². The molecule has 6 rings (SSSR count). The van der Waals surface area contributed by atoms with Crippen LogP contribution in [0.15, 0.2) is 106 Å². The molecule has 2 aromatic heterocycles. The van der Waals surface area contributed by atoms with Crippen LogP contribution in [0.5, 0.6) is 5.75 Å². The van der Waals surface area contributed by atoms with E-state index in [4.69, 9.17) is 26.2 Å². The minimum atomic E-state index is -0.792. The van der Waals surface area contributed by atoms with Crippen LogP contribution in [-0.2, 0) is 9.53 Å². The molecule has 0 fully saturated rings. The van der Waals surface area contributed by atoms with Crippen LogP contribution < -0.4 is 19.6 Å². The molecule has 3 heterocycles. The third kappa shape index (κ3) is 5.33. The maximum absolute atomic E-state index is 14.2. The van der Waals surface area contributed by atoms with Gasteiger partial charge in [-0.3, -0.25) is 9.36 Å². The van der Waals surface area contributed by atoms with Crippen molar-refractivity contribution in [2.24, 2.45) is 4.99 Å². The molecule has 0 unspecified atom stereocenters. The van der Waals surface area contributed by atoms with Gasteiger partial charge in [0.05, 0.1) is 35.2 Å². The summed E-state index contributed by atoms with van der Waals surface area (Å²) in [5, 5.41) is 5.32. The number of rotatable bonds is 7. The summed E-state index contributed by atoms with van der Waals surface area (Å²) in [5.74, 6) is 0.197. The van der Waals surface area contributed by atoms with Crippen LogP contribution in [0, 0.1) is 0 Å². The smallest absolute Gasteiger partial charge is 0.338 e. The Balaban J connectivity index is 1.56. The normalized spacial score (nSPS) is 14.8. The first-order valence-corrected chi connectivity index (χ1v) is 14.8. The fourth-order valence-corrected chi connectivity index (χ4v) is 6.38. The quantitative estimate of drug-likeness (QED) is 0.233. The third-order valence-electron chi connectivity index (χ3n) is 7.13. The summed E-state index contributed by atoms with van der Waals surface area (Å²) < 4.78 is 14.5. The molecular formula is C33H27ClN4O4S. The van der Waals surface area contributed by atoms with Gasteiger partial charge in [-0.05, 0) is 68.0 Å². The molecule has 0 aliphatic carbocycles. The van der Waals surface area contributed by atoms with Gasteiger partial charge in [0.1, 0.15) is 17.5 Å². The molecule has 8 nitrogen and oxygen atoms in total. The molecule has 0 amide bonds. The minimum Gasteiger partial charge on any atom is -0.497 e. The number of para-hydroxylation sites is 1. The largest absolute Gasteiger partial charge is 0.497 e. The first-order valence-electron chi connectivity index (χ1n) is 13.6. The zero-order chi connectivity index (χ0) is 30.1. The Hall–Kier alpha value is -4.73. The van der Waals surface area contributed by atoms with Crippen LogP contribution in [0.4, 0.5) is 0 Å². The monoisotopic (exact) mass is 610 g/mol. The van der Waals surface area contributed by atoms with Crippen molar-refractivity contribution in [3.05, 3.63) is 132 Å². The summed E-state index contributed by atoms with van der Waals surface area (Å²) in [6, 6.07) is 23.8. The molecule has 10 heteroatoms. The lowest BCUT2D eigenvalue weighted by atomic mass is 9.96. The first kappa shape index (κ1) is 28.4. The lowest BCUT2D eigenvalue weighted by molar-refractivity contribution is -0.139. The van der Waals surface area contributed by atoms with E-state index in [1.54, 1.807) is 37.8 Å². The average Bonchev–Trinajstić information content (AvgIpc) is 3.58. The summed E-state index contributed by atoms with van der Waals surface area (Å²) in [4.78, 5) is 32.5. The zero-order valence-electron chi connectivity index (χ0n) is 23.7. The highest BCUT2D eigenvalue weighted by molar-refractivity contribution is 7.07. The molecule has 0 saturated carbocycles. The van der Waals surface area contributed by atoms with E-state index < -0.39 is 12.0 Å². The molecule has 5 aromatic rings. The van der Waals surface area contributed by atoms with Crippen molar-refractivity contribution < 1.29 is 14.3 Å². The Morgan fingerprint density at radius 1 is 1.05 bits per heavy atom. The number of esters is 1. The predicted molar refractivity (Wildman–Crippen MR) is 167 cm³/mol. The van der Waals surface area contributed by atoms with E-state index in [1.165, 1.54) is 15.9 Å². The Kier molecular flexibility index (Phi) is 7.84. The van der Waals surface area contributed by atoms with Crippen molar-refractivity contribution in [1.29, 1.82) is 0 Å². The van der Waals surface area contributed by atoms with E-state index in [1.807, 2.05) is 79.0 Å². The number of thiazole rings is 1. The van der Waals surface area contributed by atoms with Gasteiger partial charge in [0, 0.05) is 22.3 Å². The van der Waals surface area contributed by atoms with E-state index in [9.17, 15) is 9.59 Å². The molecular weight excluding hydrogens is 584 g/mol. The molecule has 43 heavy (non-hydrogen) atoms. The molecule has 1 aliphatic heterocycles. The van der Waals surface area contributed by atoms with E-state index in [0.29, 0.717) is 31.3 Å². The van der Waals surface area contributed by atoms with Crippen LogP contribution in [0.2, 0.25) is 5.02 Å². The van der Waals surface area contributed by atoms with Gasteiger partial charge in [-0.1, -0.05) is 59.3 Å². The minimum absolute atomic E-state index is 0.189. The summed E-state index contributed by atoms with van der Waals surface area (Å²) in [6.07, 6.45) is 3.72. The lowest BCUT2D eigenvalue weighted by Crippen LogP contribution is -2.40. The highest BCUT2D eigenvalue weighted by atomic mass is 35.5. The molecule has 1 aliphatic rings. The number of fused-ring (bicyclic) bond motifs is 1. The topological polar surface area (TPSA) is 87.7 Å². The highest BCUT2D eigenvalue weighted by Gasteiger charge is 2.34. The molecule has 0 bridgehead atoms. The van der Waals surface area contributed by atoms with Gasteiger partial charge >= 0.3 is 5.97 Å². The van der Waals surface area contributed by atoms with Crippen molar-refractivity contribution in [2.45, 2.75) is 19.9 Å². The maximum Gasteiger partial charge on any atom is 0.338 e. The van der Waals surface area contributed by atoms with Crippen LogP contribution in [0.1, 0.15) is 31.0 Å². The third-order valence-corrected chi connectivity index (χ3v) is 8.46. The van der Waals surface area contributed by atoms with Crippen LogP contribution in [0.25, 0.3) is 23.0 Å². The molecule has 1 atom stereocenters. The summed E-state index contributed by atoms with van der Waals surface area (Å²) >= 11 is 7.88. The Morgan fingerprint density at radius 3 is 2.47 bits per heavy atom. The molecule has 216 valence electrons. The van der Waals surface area contributed by atoms with E-state index in [2.05, 4.69) is 4.99 Å². The number of methoxy groups -OCH3 is 1. The molecule has 3 aromatic carbocycles. The van der Waals surface area contributed by atoms with Crippen LogP contribution in [0.3, 0.4) is 0 Å². The van der Waals surface area contributed by atoms with Gasteiger partial charge in [-0.2, -0.15) is 5.10 Å². The second kappa shape index (κ2) is 11.9. The molecule has 0 spiro atoms. The Labute approximate surface area is 256 Å². The van der Waals surface area contributed by atoms with Crippen LogP contribution >= 0.6 is 22.9 Å². The molecule has 0 saturated heterocycles. The molecule has 0 radical (unpaired) electrons. The fraction of sp³-hybridized carbons (Fsp3) is 0.152. The summed E-state index contributed by atoms with van der Waals surface area (Å²) in [6.45, 7) is 3.68. The SMILES string of the molecule is CCOC(=O)C1=C(C)N=c2s/c(=C\c3cn(-c4ccccc4)nc3-c3ccc(OC)cc3)c(=O)n2[C@H]1c1ccccc1Cl. The number of nitrogens with zero attached hydrogens (tertiary/aromatic N) is 4. The lowest BCUT2D eigenvalue weighted by Gasteiger charge is -2.25. The van der Waals surface area contributed by atoms with Crippen LogP contribution in [-0.4, -0.2) is 34.0 Å². The Morgan fingerprint density at radius 2 is 1.77 bits per heavy atom. The number of hydrogen-bond donors (Lipinski definition) is 0. The highest BCUT2D eigenvalue weighted by Crippen LogP contribution is 2.34. The number of carbonyl (C=O) groups is 1.